The summed E-state index contributed by atoms with van der Waals surface area (Å²) in [6.07, 6.45) is 6.54. The summed E-state index contributed by atoms with van der Waals surface area (Å²) in [7, 11) is 1.94. The van der Waals surface area contributed by atoms with E-state index in [1.54, 1.807) is 24.5 Å². The van der Waals surface area contributed by atoms with Crippen molar-refractivity contribution in [3.05, 3.63) is 78.2 Å². The Balaban J connectivity index is 1.25. The number of rotatable bonds is 8. The van der Waals surface area contributed by atoms with Crippen molar-refractivity contribution in [1.82, 2.24) is 29.3 Å². The summed E-state index contributed by atoms with van der Waals surface area (Å²) >= 11 is 0. The van der Waals surface area contributed by atoms with Crippen molar-refractivity contribution < 1.29 is 9.47 Å². The third-order valence-electron chi connectivity index (χ3n) is 7.48. The third-order valence-corrected chi connectivity index (χ3v) is 7.48. The number of pyridine rings is 2. The Hall–Kier alpha value is -4.44. The molecule has 5 aromatic rings. The molecule has 0 unspecified atom stereocenters. The molecule has 212 valence electrons. The predicted octanol–water partition coefficient (Wildman–Crippen LogP) is 6.29. The van der Waals surface area contributed by atoms with E-state index in [9.17, 15) is 0 Å². The number of aromatic nitrogens is 6. The fourth-order valence-electron chi connectivity index (χ4n) is 5.39. The maximum absolute atomic E-state index is 6.44. The lowest BCUT2D eigenvalue weighted by atomic mass is 9.91. The smallest absolute Gasteiger partial charge is 0.210 e. The van der Waals surface area contributed by atoms with Gasteiger partial charge >= 0.3 is 0 Å². The van der Waals surface area contributed by atoms with Crippen molar-refractivity contribution in [2.45, 2.75) is 64.2 Å². The van der Waals surface area contributed by atoms with Crippen LogP contribution in [0.25, 0.3) is 11.2 Å². The molecule has 3 N–H and O–H groups in total. The lowest BCUT2D eigenvalue weighted by Gasteiger charge is -2.27. The van der Waals surface area contributed by atoms with E-state index < -0.39 is 0 Å². The van der Waals surface area contributed by atoms with Crippen LogP contribution in [0, 0.1) is 0 Å². The number of anilines is 3. The predicted molar refractivity (Wildman–Crippen MR) is 159 cm³/mol. The van der Waals surface area contributed by atoms with Crippen molar-refractivity contribution >= 4 is 28.7 Å². The lowest BCUT2D eigenvalue weighted by molar-refractivity contribution is 0.0154. The number of fused-ring (bicyclic) bond motifs is 1. The fraction of sp³-hybridized carbons (Fsp3) is 0.355. The number of nitrogens with two attached hydrogens (primary N) is 1. The number of hydrogen-bond acceptors (Lipinski definition) is 8. The highest BCUT2D eigenvalue weighted by Crippen LogP contribution is 2.38. The van der Waals surface area contributed by atoms with Crippen LogP contribution in [0.4, 0.5) is 17.6 Å². The molecule has 0 aliphatic heterocycles. The molecule has 41 heavy (non-hydrogen) atoms. The third kappa shape index (κ3) is 5.74. The van der Waals surface area contributed by atoms with Gasteiger partial charge in [0.2, 0.25) is 5.95 Å². The van der Waals surface area contributed by atoms with Crippen LogP contribution >= 0.6 is 0 Å². The van der Waals surface area contributed by atoms with Crippen LogP contribution in [-0.2, 0) is 23.8 Å². The molecule has 1 aromatic carbocycles. The number of nitrogens with one attached hydrogen (secondary N) is 1. The van der Waals surface area contributed by atoms with Crippen molar-refractivity contribution in [2.75, 3.05) is 11.1 Å². The Kier molecular flexibility index (Phi) is 7.08. The molecule has 0 spiro atoms. The maximum Gasteiger partial charge on any atom is 0.210 e. The molecule has 1 fully saturated rings. The first-order chi connectivity index (χ1) is 19.7. The van der Waals surface area contributed by atoms with E-state index in [0.29, 0.717) is 35.5 Å². The Bertz CT molecular complexity index is 1650. The van der Waals surface area contributed by atoms with Crippen LogP contribution in [0.5, 0.6) is 11.5 Å². The molecule has 1 aliphatic rings. The van der Waals surface area contributed by atoms with Gasteiger partial charge in [-0.2, -0.15) is 10.1 Å². The molecule has 4 aromatic heterocycles. The van der Waals surface area contributed by atoms with Crippen LogP contribution in [0.3, 0.4) is 0 Å². The normalized spacial score (nSPS) is 17.3. The molecule has 10 heteroatoms. The quantitative estimate of drug-likeness (QED) is 0.231. The van der Waals surface area contributed by atoms with Crippen molar-refractivity contribution in [3.63, 3.8) is 0 Å². The Morgan fingerprint density at radius 1 is 1.02 bits per heavy atom. The lowest BCUT2D eigenvalue weighted by Crippen LogP contribution is -2.28. The van der Waals surface area contributed by atoms with E-state index in [1.807, 2.05) is 23.7 Å². The Morgan fingerprint density at radius 2 is 1.85 bits per heavy atom. The van der Waals surface area contributed by atoms with E-state index in [0.717, 1.165) is 36.3 Å². The summed E-state index contributed by atoms with van der Waals surface area (Å²) in [5.74, 6) is 2.96. The molecule has 4 heterocycles. The van der Waals surface area contributed by atoms with E-state index in [-0.39, 0.29) is 17.6 Å². The van der Waals surface area contributed by atoms with Gasteiger partial charge in [0.05, 0.1) is 30.5 Å². The summed E-state index contributed by atoms with van der Waals surface area (Å²) < 4.78 is 16.5. The summed E-state index contributed by atoms with van der Waals surface area (Å²) in [6, 6.07) is 18.0. The molecular formula is C31H36N8O2. The fourth-order valence-corrected chi connectivity index (χ4v) is 5.39. The highest BCUT2D eigenvalue weighted by Gasteiger charge is 2.34. The first-order valence-corrected chi connectivity index (χ1v) is 14.0. The van der Waals surface area contributed by atoms with Gasteiger partial charge in [-0.25, -0.2) is 9.97 Å². The SMILES string of the molecule is Cn1c(Nc2cc(C(C)(C)C)n([C@H]3CCC[C@H]3OCc3ccccc3)n2)nc2ncc(Oc3ccnc(N)c3)cc21. The average molecular weight is 553 g/mol. The topological polar surface area (TPSA) is 118 Å². The van der Waals surface area contributed by atoms with Gasteiger partial charge in [-0.1, -0.05) is 51.1 Å². The maximum atomic E-state index is 6.44. The van der Waals surface area contributed by atoms with E-state index in [2.05, 4.69) is 71.1 Å². The molecule has 0 bridgehead atoms. The molecule has 0 amide bonds. The van der Waals surface area contributed by atoms with Gasteiger partial charge in [-0.15, -0.1) is 0 Å². The number of imidazole rings is 1. The second kappa shape index (κ2) is 10.9. The van der Waals surface area contributed by atoms with Gasteiger partial charge < -0.3 is 25.1 Å². The van der Waals surface area contributed by atoms with Crippen LogP contribution in [-0.4, -0.2) is 35.4 Å². The molecule has 6 rings (SSSR count). The summed E-state index contributed by atoms with van der Waals surface area (Å²) in [5.41, 5.74) is 9.46. The Labute approximate surface area is 239 Å². The van der Waals surface area contributed by atoms with Crippen LogP contribution < -0.4 is 15.8 Å². The Morgan fingerprint density at radius 3 is 2.63 bits per heavy atom. The van der Waals surface area contributed by atoms with Crippen LogP contribution in [0.1, 0.15) is 57.3 Å². The molecule has 1 aliphatic carbocycles. The zero-order valence-corrected chi connectivity index (χ0v) is 23.9. The van der Waals surface area contributed by atoms with Crippen molar-refractivity contribution in [3.8, 4) is 11.5 Å². The van der Waals surface area contributed by atoms with Gasteiger partial charge in [0.1, 0.15) is 17.3 Å². The highest BCUT2D eigenvalue weighted by atomic mass is 16.5. The summed E-state index contributed by atoms with van der Waals surface area (Å²) in [5, 5.41) is 8.50. The van der Waals surface area contributed by atoms with E-state index in [4.69, 9.17) is 25.3 Å². The second-order valence-electron chi connectivity index (χ2n) is 11.6. The highest BCUT2D eigenvalue weighted by molar-refractivity contribution is 5.77. The number of hydrogen-bond donors (Lipinski definition) is 2. The number of benzene rings is 1. The second-order valence-corrected chi connectivity index (χ2v) is 11.6. The van der Waals surface area contributed by atoms with Gasteiger partial charge in [-0.05, 0) is 30.9 Å². The number of nitrogens with zero attached hydrogens (tertiary/aromatic N) is 6. The van der Waals surface area contributed by atoms with Crippen molar-refractivity contribution in [2.24, 2.45) is 7.05 Å². The average Bonchev–Trinajstić information content (AvgIpc) is 3.66. The minimum atomic E-state index is -0.101. The van der Waals surface area contributed by atoms with Gasteiger partial charge in [0, 0.05) is 42.6 Å². The first-order valence-electron chi connectivity index (χ1n) is 14.0. The zero-order chi connectivity index (χ0) is 28.6. The van der Waals surface area contributed by atoms with Gasteiger partial charge in [0.15, 0.2) is 11.5 Å². The number of ether oxygens (including phenoxy) is 2. The minimum absolute atomic E-state index is 0.101. The van der Waals surface area contributed by atoms with Gasteiger partial charge in [0.25, 0.3) is 0 Å². The summed E-state index contributed by atoms with van der Waals surface area (Å²) in [4.78, 5) is 13.3. The molecule has 0 saturated heterocycles. The standard InChI is InChI=1S/C31H36N8O2/c1-31(2,3)26-17-28(37-39(26)23-11-8-12-25(23)40-19-20-9-6-5-7-10-20)35-30-36-29-24(38(30)4)15-22(18-34-29)41-21-13-14-33-27(32)16-21/h5-7,9-10,13-18,23,25H,8,11-12,19H2,1-4H3,(H2,32,33)(H,34,35,36,37)/t23-,25+/m0/s1. The molecule has 1 saturated carbocycles. The molecule has 2 atom stereocenters. The monoisotopic (exact) mass is 552 g/mol. The number of aryl methyl sites for hydroxylation is 1. The van der Waals surface area contributed by atoms with E-state index in [1.165, 1.54) is 5.56 Å². The van der Waals surface area contributed by atoms with Crippen molar-refractivity contribution in [1.29, 1.82) is 0 Å². The van der Waals surface area contributed by atoms with Gasteiger partial charge in [-0.3, -0.25) is 4.68 Å². The number of nitrogen functional groups attached to an aromatic ring is 1. The largest absolute Gasteiger partial charge is 0.455 e. The van der Waals surface area contributed by atoms with E-state index >= 15 is 0 Å². The molecule has 0 radical (unpaired) electrons. The summed E-state index contributed by atoms with van der Waals surface area (Å²) in [6.45, 7) is 7.26. The minimum Gasteiger partial charge on any atom is -0.455 e. The molecule has 10 nitrogen and oxygen atoms in total. The van der Waals surface area contributed by atoms with Crippen LogP contribution in [0.2, 0.25) is 0 Å². The molecular weight excluding hydrogens is 516 g/mol. The van der Waals surface area contributed by atoms with Crippen LogP contribution in [0.15, 0.2) is 67.0 Å². The first kappa shape index (κ1) is 26.8. The zero-order valence-electron chi connectivity index (χ0n) is 23.9.